The molecule has 194 valence electrons. The Morgan fingerprint density at radius 1 is 1.05 bits per heavy atom. The first kappa shape index (κ1) is 26.9. The van der Waals surface area contributed by atoms with Crippen molar-refractivity contribution in [3.63, 3.8) is 0 Å². The summed E-state index contributed by atoms with van der Waals surface area (Å²) in [4.78, 5) is 43.7. The van der Waals surface area contributed by atoms with Gasteiger partial charge in [0.25, 0.3) is 11.5 Å². The van der Waals surface area contributed by atoms with E-state index in [9.17, 15) is 14.4 Å². The molecule has 1 aliphatic carbocycles. The van der Waals surface area contributed by atoms with E-state index in [1.165, 1.54) is 30.2 Å². The highest BCUT2D eigenvalue weighted by molar-refractivity contribution is 7.99. The highest BCUT2D eigenvalue weighted by Gasteiger charge is 2.16. The molecule has 1 amide bonds. The molecule has 0 bridgehead atoms. The molecule has 37 heavy (non-hydrogen) atoms. The number of nitrogens with one attached hydrogen (secondary N) is 1. The first-order chi connectivity index (χ1) is 18.1. The fraction of sp³-hybridized carbons (Fsp3) is 0.400. The summed E-state index contributed by atoms with van der Waals surface area (Å²) in [6.45, 7) is 3.27. The number of ketones is 1. The summed E-state index contributed by atoms with van der Waals surface area (Å²) in [5, 5.41) is 4.00. The van der Waals surface area contributed by atoms with E-state index in [1.807, 2.05) is 18.2 Å². The number of aromatic nitrogens is 2. The normalized spacial score (nSPS) is 13.4. The maximum Gasteiger partial charge on any atom is 0.262 e. The van der Waals surface area contributed by atoms with Crippen molar-refractivity contribution in [1.29, 1.82) is 0 Å². The topological polar surface area (TPSA) is 81.1 Å². The number of nitrogens with zero attached hydrogens (tertiary/aromatic N) is 2. The molecule has 0 saturated heterocycles. The number of thioether (sulfide) groups is 1. The summed E-state index contributed by atoms with van der Waals surface area (Å²) in [7, 11) is 0. The number of allylic oxidation sites excluding steroid dienone is 1. The molecule has 0 fully saturated rings. The first-order valence-corrected chi connectivity index (χ1v) is 14.3. The SMILES string of the molecule is CCCCCn1c(SCC(=O)c2ccccc2)nc2cc(C(=O)NCCC3=CCCCC3)ccc2c1=O. The molecule has 1 N–H and O–H groups in total. The van der Waals surface area contributed by atoms with E-state index in [4.69, 9.17) is 4.98 Å². The van der Waals surface area contributed by atoms with Gasteiger partial charge in [-0.25, -0.2) is 4.98 Å². The summed E-state index contributed by atoms with van der Waals surface area (Å²) in [6, 6.07) is 14.2. The third kappa shape index (κ3) is 7.19. The van der Waals surface area contributed by atoms with Crippen LogP contribution in [0.1, 0.15) is 79.0 Å². The summed E-state index contributed by atoms with van der Waals surface area (Å²) in [6.07, 6.45) is 10.8. The number of amides is 1. The van der Waals surface area contributed by atoms with E-state index in [0.717, 1.165) is 38.5 Å². The summed E-state index contributed by atoms with van der Waals surface area (Å²) < 4.78 is 1.68. The van der Waals surface area contributed by atoms with Crippen LogP contribution in [0.5, 0.6) is 0 Å². The Balaban J connectivity index is 1.54. The van der Waals surface area contributed by atoms with E-state index in [-0.39, 0.29) is 23.0 Å². The molecule has 1 aliphatic rings. The number of Topliss-reactive ketones (excluding diaryl/α,β-unsaturated/α-hetero) is 1. The van der Waals surface area contributed by atoms with Gasteiger partial charge >= 0.3 is 0 Å². The number of rotatable bonds is 12. The molecule has 4 rings (SSSR count). The number of fused-ring (bicyclic) bond motifs is 1. The van der Waals surface area contributed by atoms with Crippen molar-refractivity contribution in [3.8, 4) is 0 Å². The van der Waals surface area contributed by atoms with Gasteiger partial charge in [0.05, 0.1) is 16.7 Å². The molecule has 0 aliphatic heterocycles. The molecular formula is C30H35N3O3S. The van der Waals surface area contributed by atoms with Gasteiger partial charge in [0.1, 0.15) is 0 Å². The largest absolute Gasteiger partial charge is 0.352 e. The van der Waals surface area contributed by atoms with Crippen molar-refractivity contribution in [2.75, 3.05) is 12.3 Å². The van der Waals surface area contributed by atoms with Gasteiger partial charge in [-0.05, 0) is 56.7 Å². The first-order valence-electron chi connectivity index (χ1n) is 13.3. The zero-order valence-corrected chi connectivity index (χ0v) is 22.3. The van der Waals surface area contributed by atoms with Crippen molar-refractivity contribution >= 4 is 34.4 Å². The number of hydrogen-bond donors (Lipinski definition) is 1. The van der Waals surface area contributed by atoms with Crippen LogP contribution in [-0.4, -0.2) is 33.5 Å². The second-order valence-corrected chi connectivity index (χ2v) is 10.4. The average molecular weight is 518 g/mol. The van der Waals surface area contributed by atoms with Crippen molar-refractivity contribution in [2.45, 2.75) is 70.0 Å². The summed E-state index contributed by atoms with van der Waals surface area (Å²) in [5.74, 6) is 0.00753. The Bertz CT molecular complexity index is 1330. The molecule has 6 nitrogen and oxygen atoms in total. The molecule has 0 atom stereocenters. The fourth-order valence-electron chi connectivity index (χ4n) is 4.58. The number of carbonyl (C=O) groups excluding carboxylic acids is 2. The monoisotopic (exact) mass is 517 g/mol. The van der Waals surface area contributed by atoms with E-state index >= 15 is 0 Å². The van der Waals surface area contributed by atoms with Gasteiger partial charge in [0.2, 0.25) is 0 Å². The lowest BCUT2D eigenvalue weighted by atomic mass is 9.97. The Morgan fingerprint density at radius 2 is 1.89 bits per heavy atom. The lowest BCUT2D eigenvalue weighted by Gasteiger charge is -2.14. The minimum absolute atomic E-state index is 0.0127. The maximum atomic E-state index is 13.4. The molecule has 1 aromatic heterocycles. The highest BCUT2D eigenvalue weighted by Crippen LogP contribution is 2.22. The quantitative estimate of drug-likeness (QED) is 0.102. The van der Waals surface area contributed by atoms with Gasteiger partial charge < -0.3 is 5.32 Å². The van der Waals surface area contributed by atoms with Gasteiger partial charge in [0, 0.05) is 24.2 Å². The zero-order chi connectivity index (χ0) is 26.0. The predicted octanol–water partition coefficient (Wildman–Crippen LogP) is 6.18. The van der Waals surface area contributed by atoms with E-state index < -0.39 is 0 Å². The minimum Gasteiger partial charge on any atom is -0.352 e. The second-order valence-electron chi connectivity index (χ2n) is 9.48. The van der Waals surface area contributed by atoms with Crippen LogP contribution in [-0.2, 0) is 6.54 Å². The van der Waals surface area contributed by atoms with E-state index in [1.54, 1.807) is 34.9 Å². The smallest absolute Gasteiger partial charge is 0.262 e. The van der Waals surface area contributed by atoms with Gasteiger partial charge in [-0.2, -0.15) is 0 Å². The molecule has 0 unspecified atom stereocenters. The third-order valence-corrected chi connectivity index (χ3v) is 7.69. The predicted molar refractivity (Wildman–Crippen MR) is 151 cm³/mol. The highest BCUT2D eigenvalue weighted by atomic mass is 32.2. The average Bonchev–Trinajstić information content (AvgIpc) is 2.94. The molecule has 0 saturated carbocycles. The van der Waals surface area contributed by atoms with Crippen LogP contribution in [0, 0.1) is 0 Å². The second kappa shape index (κ2) is 13.4. The van der Waals surface area contributed by atoms with Crippen LogP contribution < -0.4 is 10.9 Å². The van der Waals surface area contributed by atoms with Crippen LogP contribution in [0.4, 0.5) is 0 Å². The summed E-state index contributed by atoms with van der Waals surface area (Å²) in [5.41, 5.74) is 2.89. The Morgan fingerprint density at radius 3 is 2.65 bits per heavy atom. The van der Waals surface area contributed by atoms with Crippen LogP contribution in [0.3, 0.4) is 0 Å². The lowest BCUT2D eigenvalue weighted by Crippen LogP contribution is -2.26. The van der Waals surface area contributed by atoms with Gasteiger partial charge in [-0.1, -0.05) is 73.5 Å². The maximum absolute atomic E-state index is 13.4. The third-order valence-electron chi connectivity index (χ3n) is 6.71. The Labute approximate surface area is 222 Å². The van der Waals surface area contributed by atoms with Crippen molar-refractivity contribution in [2.24, 2.45) is 0 Å². The molecule has 0 radical (unpaired) electrons. The van der Waals surface area contributed by atoms with Crippen LogP contribution >= 0.6 is 11.8 Å². The van der Waals surface area contributed by atoms with E-state index in [0.29, 0.717) is 40.3 Å². The van der Waals surface area contributed by atoms with Crippen LogP contribution in [0.15, 0.2) is 70.1 Å². The molecule has 3 aromatic rings. The van der Waals surface area contributed by atoms with Crippen molar-refractivity contribution < 1.29 is 9.59 Å². The van der Waals surface area contributed by atoms with Gasteiger partial charge in [0.15, 0.2) is 10.9 Å². The van der Waals surface area contributed by atoms with E-state index in [2.05, 4.69) is 18.3 Å². The summed E-state index contributed by atoms with van der Waals surface area (Å²) >= 11 is 1.28. The van der Waals surface area contributed by atoms with Crippen LogP contribution in [0.2, 0.25) is 0 Å². The molecule has 1 heterocycles. The number of hydrogen-bond acceptors (Lipinski definition) is 5. The molecular weight excluding hydrogens is 482 g/mol. The standard InChI is InChI=1S/C30H35N3O3S/c1-2-3-10-19-33-29(36)25-16-15-24(28(35)31-18-17-22-11-6-4-7-12-22)20-26(25)32-30(33)37-21-27(34)23-13-8-5-9-14-23/h5,8-9,11,13-16,20H,2-4,6-7,10,12,17-19,21H2,1H3,(H,31,35). The van der Waals surface area contributed by atoms with Gasteiger partial charge in [-0.15, -0.1) is 0 Å². The number of carbonyl (C=O) groups is 2. The molecule has 2 aromatic carbocycles. The van der Waals surface area contributed by atoms with Crippen LogP contribution in [0.25, 0.3) is 10.9 Å². The minimum atomic E-state index is -0.166. The molecule has 0 spiro atoms. The lowest BCUT2D eigenvalue weighted by molar-refractivity contribution is 0.0953. The number of benzene rings is 2. The van der Waals surface area contributed by atoms with Crippen molar-refractivity contribution in [3.05, 3.63) is 81.7 Å². The van der Waals surface area contributed by atoms with Gasteiger partial charge in [-0.3, -0.25) is 19.0 Å². The molecule has 7 heteroatoms. The van der Waals surface area contributed by atoms with Crippen molar-refractivity contribution in [1.82, 2.24) is 14.9 Å². The number of unbranched alkanes of at least 4 members (excludes halogenated alkanes) is 2. The fourth-order valence-corrected chi connectivity index (χ4v) is 5.50. The zero-order valence-electron chi connectivity index (χ0n) is 21.5. The Hall–Kier alpha value is -3.19. The Kier molecular flexibility index (Phi) is 9.71.